The average Bonchev–Trinajstić information content (AvgIpc) is 3.18. The van der Waals surface area contributed by atoms with Crippen molar-refractivity contribution in [3.05, 3.63) is 92.1 Å². The van der Waals surface area contributed by atoms with Crippen LogP contribution in [0.15, 0.2) is 59.9 Å². The topological polar surface area (TPSA) is 70.5 Å². The molecule has 30 heavy (non-hydrogen) atoms. The summed E-state index contributed by atoms with van der Waals surface area (Å²) in [6.45, 7) is 7.52. The Balaban J connectivity index is 1.90. The summed E-state index contributed by atoms with van der Waals surface area (Å²) in [5.41, 5.74) is 4.16. The van der Waals surface area contributed by atoms with Gasteiger partial charge in [-0.15, -0.1) is 11.3 Å². The van der Waals surface area contributed by atoms with Gasteiger partial charge < -0.3 is 5.11 Å². The zero-order valence-electron chi connectivity index (χ0n) is 17.3. The minimum absolute atomic E-state index is 0.0953. The number of amides is 1. The lowest BCUT2D eigenvalue weighted by molar-refractivity contribution is -0.117. The number of aliphatic hydroxyl groups is 1. The van der Waals surface area contributed by atoms with Gasteiger partial charge in [-0.2, -0.15) is 0 Å². The van der Waals surface area contributed by atoms with E-state index in [0.29, 0.717) is 16.3 Å². The number of aliphatic hydroxyl groups excluding tert-OH is 1. The van der Waals surface area contributed by atoms with Gasteiger partial charge in [0.15, 0.2) is 5.76 Å². The van der Waals surface area contributed by atoms with Gasteiger partial charge in [0.25, 0.3) is 5.91 Å². The highest BCUT2D eigenvalue weighted by Crippen LogP contribution is 2.42. The second-order valence-electron chi connectivity index (χ2n) is 7.57. The molecule has 1 amide bonds. The molecule has 1 aliphatic heterocycles. The van der Waals surface area contributed by atoms with Gasteiger partial charge in [0, 0.05) is 5.69 Å². The van der Waals surface area contributed by atoms with Crippen LogP contribution in [0.4, 0.5) is 5.69 Å². The maximum atomic E-state index is 13.5. The molecule has 0 aliphatic carbocycles. The van der Waals surface area contributed by atoms with Crippen molar-refractivity contribution in [2.45, 2.75) is 33.7 Å². The quantitative estimate of drug-likeness (QED) is 0.594. The maximum Gasteiger partial charge on any atom is 0.294 e. The predicted octanol–water partition coefficient (Wildman–Crippen LogP) is 5.16. The molecule has 0 bridgehead atoms. The Morgan fingerprint density at radius 2 is 1.73 bits per heavy atom. The van der Waals surface area contributed by atoms with E-state index < -0.39 is 17.7 Å². The molecule has 2 aromatic carbocycles. The highest BCUT2D eigenvalue weighted by atomic mass is 32.1. The average molecular weight is 419 g/mol. The molecule has 1 aliphatic rings. The van der Waals surface area contributed by atoms with Crippen molar-refractivity contribution in [3.8, 4) is 0 Å². The maximum absolute atomic E-state index is 13.5. The number of nitrogens with zero attached hydrogens (tertiary/aromatic N) is 2. The molecule has 4 rings (SSSR count). The molecule has 2 heterocycles. The van der Waals surface area contributed by atoms with E-state index in [4.69, 9.17) is 0 Å². The summed E-state index contributed by atoms with van der Waals surface area (Å²) in [6.07, 6.45) is 0. The molecule has 5 nitrogen and oxygen atoms in total. The van der Waals surface area contributed by atoms with Crippen molar-refractivity contribution in [1.29, 1.82) is 0 Å². The summed E-state index contributed by atoms with van der Waals surface area (Å²) >= 11 is 1.28. The first-order valence-electron chi connectivity index (χ1n) is 9.66. The molecule has 1 aromatic heterocycles. The molecule has 152 valence electrons. The van der Waals surface area contributed by atoms with Crippen LogP contribution in [-0.2, 0) is 4.79 Å². The number of aryl methyl sites for hydroxylation is 4. The van der Waals surface area contributed by atoms with E-state index in [-0.39, 0.29) is 11.4 Å². The summed E-state index contributed by atoms with van der Waals surface area (Å²) in [5, 5.41) is 11.6. The van der Waals surface area contributed by atoms with E-state index in [9.17, 15) is 14.7 Å². The fourth-order valence-electron chi connectivity index (χ4n) is 3.83. The van der Waals surface area contributed by atoms with Gasteiger partial charge >= 0.3 is 0 Å². The first kappa shape index (κ1) is 20.0. The molecule has 1 N–H and O–H groups in total. The lowest BCUT2D eigenvalue weighted by Crippen LogP contribution is -2.31. The number of Topliss-reactive ketones (excluding diaryl/α,β-unsaturated/α-hetero) is 1. The fourth-order valence-corrected chi connectivity index (χ4v) is 4.70. The number of carbonyl (C=O) groups is 2. The molecule has 0 radical (unpaired) electrons. The molecule has 3 aromatic rings. The highest BCUT2D eigenvalue weighted by molar-refractivity contribution is 7.14. The van der Waals surface area contributed by atoms with Gasteiger partial charge in [-0.3, -0.25) is 14.5 Å². The van der Waals surface area contributed by atoms with Gasteiger partial charge in [-0.25, -0.2) is 4.98 Å². The van der Waals surface area contributed by atoms with Crippen LogP contribution in [0.5, 0.6) is 0 Å². The van der Waals surface area contributed by atoms with Crippen LogP contribution in [0.1, 0.15) is 43.1 Å². The minimum atomic E-state index is -0.714. The third-order valence-corrected chi connectivity index (χ3v) is 6.30. The normalized spacial score (nSPS) is 16.5. The van der Waals surface area contributed by atoms with Gasteiger partial charge in [-0.05, 0) is 45.4 Å². The minimum Gasteiger partial charge on any atom is -0.503 e. The molecule has 0 saturated carbocycles. The molecular formula is C24H22N2O3S. The summed E-state index contributed by atoms with van der Waals surface area (Å²) in [7, 11) is 0. The SMILES string of the molecule is Cc1ccc(N2C(=O)C(O)=C(C(=O)c3sc(C)nc3C)C2c2cccc(C)c2)cc1. The molecule has 1 atom stereocenters. The van der Waals surface area contributed by atoms with E-state index in [2.05, 4.69) is 4.98 Å². The van der Waals surface area contributed by atoms with E-state index in [1.54, 1.807) is 6.92 Å². The number of hydrogen-bond acceptors (Lipinski definition) is 5. The van der Waals surface area contributed by atoms with Crippen molar-refractivity contribution in [2.75, 3.05) is 4.90 Å². The summed E-state index contributed by atoms with van der Waals surface area (Å²) < 4.78 is 0. The molecular weight excluding hydrogens is 396 g/mol. The van der Waals surface area contributed by atoms with Gasteiger partial charge in [0.1, 0.15) is 0 Å². The summed E-state index contributed by atoms with van der Waals surface area (Å²) in [5.74, 6) is -1.43. The van der Waals surface area contributed by atoms with Crippen LogP contribution in [0, 0.1) is 27.7 Å². The van der Waals surface area contributed by atoms with Crippen molar-refractivity contribution >= 4 is 28.7 Å². The van der Waals surface area contributed by atoms with Crippen LogP contribution >= 0.6 is 11.3 Å². The fraction of sp³-hybridized carbons (Fsp3) is 0.208. The van der Waals surface area contributed by atoms with Crippen molar-refractivity contribution in [1.82, 2.24) is 4.98 Å². The third kappa shape index (κ3) is 3.33. The Morgan fingerprint density at radius 3 is 2.33 bits per heavy atom. The largest absolute Gasteiger partial charge is 0.503 e. The second-order valence-corrected chi connectivity index (χ2v) is 8.77. The number of ketones is 1. The Kier molecular flexibility index (Phi) is 5.03. The van der Waals surface area contributed by atoms with E-state index in [0.717, 1.165) is 21.7 Å². The molecule has 1 unspecified atom stereocenters. The Labute approximate surface area is 179 Å². The molecule has 0 saturated heterocycles. The smallest absolute Gasteiger partial charge is 0.294 e. The number of hydrogen-bond donors (Lipinski definition) is 1. The van der Waals surface area contributed by atoms with Crippen LogP contribution in [0.3, 0.4) is 0 Å². The van der Waals surface area contributed by atoms with Crippen molar-refractivity contribution in [2.24, 2.45) is 0 Å². The standard InChI is InChI=1S/C24H22N2O3S/c1-13-8-10-18(11-9-13)26-20(17-7-5-6-14(2)12-17)19(22(28)24(26)29)21(27)23-15(3)25-16(4)30-23/h5-12,20,28H,1-4H3. The third-order valence-electron chi connectivity index (χ3n) is 5.23. The van der Waals surface area contributed by atoms with E-state index in [1.165, 1.54) is 16.2 Å². The zero-order valence-corrected chi connectivity index (χ0v) is 18.1. The molecule has 0 fully saturated rings. The Hall–Kier alpha value is -3.25. The lowest BCUT2D eigenvalue weighted by Gasteiger charge is -2.27. The van der Waals surface area contributed by atoms with E-state index in [1.807, 2.05) is 69.3 Å². The highest BCUT2D eigenvalue weighted by Gasteiger charge is 2.45. The van der Waals surface area contributed by atoms with Crippen molar-refractivity contribution in [3.63, 3.8) is 0 Å². The number of benzene rings is 2. The number of rotatable bonds is 4. The monoisotopic (exact) mass is 418 g/mol. The Morgan fingerprint density at radius 1 is 1.03 bits per heavy atom. The van der Waals surface area contributed by atoms with Crippen molar-refractivity contribution < 1.29 is 14.7 Å². The lowest BCUT2D eigenvalue weighted by atomic mass is 9.94. The first-order chi connectivity index (χ1) is 14.3. The Bertz CT molecular complexity index is 1190. The molecule has 6 heteroatoms. The van der Waals surface area contributed by atoms with Gasteiger partial charge in [0.05, 0.1) is 27.2 Å². The zero-order chi connectivity index (χ0) is 21.6. The van der Waals surface area contributed by atoms with Gasteiger partial charge in [0.2, 0.25) is 5.78 Å². The summed E-state index contributed by atoms with van der Waals surface area (Å²) in [4.78, 5) is 33.0. The first-order valence-corrected chi connectivity index (χ1v) is 10.5. The number of anilines is 1. The van der Waals surface area contributed by atoms with Crippen LogP contribution < -0.4 is 4.90 Å². The second kappa shape index (κ2) is 7.54. The predicted molar refractivity (Wildman–Crippen MR) is 118 cm³/mol. The number of aromatic nitrogens is 1. The number of thiazole rings is 1. The van der Waals surface area contributed by atoms with Crippen LogP contribution in [0.25, 0.3) is 0 Å². The summed E-state index contributed by atoms with van der Waals surface area (Å²) in [6, 6.07) is 14.4. The molecule has 0 spiro atoms. The van der Waals surface area contributed by atoms with Gasteiger partial charge in [-0.1, -0.05) is 47.5 Å². The number of carbonyl (C=O) groups excluding carboxylic acids is 2. The van der Waals surface area contributed by atoms with Crippen LogP contribution in [-0.4, -0.2) is 21.8 Å². The van der Waals surface area contributed by atoms with Crippen LogP contribution in [0.2, 0.25) is 0 Å². The van der Waals surface area contributed by atoms with E-state index >= 15 is 0 Å².